The highest BCUT2D eigenvalue weighted by Gasteiger charge is 2.31. The number of pyridine rings is 1. The topological polar surface area (TPSA) is 72.0 Å². The predicted octanol–water partition coefficient (Wildman–Crippen LogP) is 5.70. The van der Waals surface area contributed by atoms with Crippen LogP contribution in [0.4, 0.5) is 30.6 Å². The summed E-state index contributed by atoms with van der Waals surface area (Å²) in [7, 11) is 0. The second-order valence-electron chi connectivity index (χ2n) is 6.80. The molecule has 3 rings (SSSR count). The molecule has 0 unspecified atom stereocenters. The average molecular weight is 417 g/mol. The van der Waals surface area contributed by atoms with Crippen LogP contribution in [0.25, 0.3) is 11.3 Å². The summed E-state index contributed by atoms with van der Waals surface area (Å²) < 4.78 is 41.3. The maximum atomic E-state index is 12.4. The van der Waals surface area contributed by atoms with E-state index in [0.717, 1.165) is 12.0 Å². The van der Waals surface area contributed by atoms with Gasteiger partial charge in [0.25, 0.3) is 0 Å². The van der Waals surface area contributed by atoms with Gasteiger partial charge in [-0.1, -0.05) is 6.92 Å². The lowest BCUT2D eigenvalue weighted by atomic mass is 10.1. The van der Waals surface area contributed by atoms with Gasteiger partial charge in [0, 0.05) is 35.8 Å². The molecule has 3 aromatic rings. The smallest absolute Gasteiger partial charge is 0.406 e. The summed E-state index contributed by atoms with van der Waals surface area (Å²) in [4.78, 5) is 13.1. The summed E-state index contributed by atoms with van der Waals surface area (Å²) in [5, 5.41) is 6.42. The van der Waals surface area contributed by atoms with E-state index in [1.807, 2.05) is 19.1 Å². The molecule has 2 N–H and O–H groups in total. The lowest BCUT2D eigenvalue weighted by molar-refractivity contribution is -0.274. The molecule has 6 nitrogen and oxygen atoms in total. The fourth-order valence-electron chi connectivity index (χ4n) is 2.68. The SMILES string of the molecule is CC[C@@H](C)Nc1nc(Nc2ccc(OC(F)(F)F)cc2C)cc(-c2ccncc2)n1. The number of ether oxygens (including phenoxy) is 1. The number of benzene rings is 1. The van der Waals surface area contributed by atoms with E-state index in [9.17, 15) is 13.2 Å². The number of nitrogens with one attached hydrogen (secondary N) is 2. The Bertz CT molecular complexity index is 996. The third-order valence-electron chi connectivity index (χ3n) is 4.38. The molecule has 2 heterocycles. The Morgan fingerprint density at radius 3 is 2.43 bits per heavy atom. The van der Waals surface area contributed by atoms with Crippen LogP contribution in [-0.4, -0.2) is 27.4 Å². The predicted molar refractivity (Wildman–Crippen MR) is 110 cm³/mol. The Morgan fingerprint density at radius 2 is 1.80 bits per heavy atom. The first-order valence-corrected chi connectivity index (χ1v) is 9.43. The quantitative estimate of drug-likeness (QED) is 0.514. The van der Waals surface area contributed by atoms with Crippen molar-refractivity contribution in [3.63, 3.8) is 0 Å². The van der Waals surface area contributed by atoms with Crippen LogP contribution in [0.1, 0.15) is 25.8 Å². The zero-order valence-electron chi connectivity index (χ0n) is 16.8. The van der Waals surface area contributed by atoms with E-state index in [1.165, 1.54) is 18.2 Å². The van der Waals surface area contributed by atoms with Crippen molar-refractivity contribution in [1.82, 2.24) is 15.0 Å². The Hall–Kier alpha value is -3.36. The van der Waals surface area contributed by atoms with E-state index < -0.39 is 6.36 Å². The van der Waals surface area contributed by atoms with E-state index >= 15 is 0 Å². The van der Waals surface area contributed by atoms with Gasteiger partial charge in [0.1, 0.15) is 11.6 Å². The molecule has 30 heavy (non-hydrogen) atoms. The summed E-state index contributed by atoms with van der Waals surface area (Å²) in [6.07, 6.45) is -0.485. The summed E-state index contributed by atoms with van der Waals surface area (Å²) >= 11 is 0. The first-order chi connectivity index (χ1) is 14.2. The van der Waals surface area contributed by atoms with Crippen LogP contribution in [0.3, 0.4) is 0 Å². The molecular weight excluding hydrogens is 395 g/mol. The average Bonchev–Trinajstić information content (AvgIpc) is 2.69. The molecular formula is C21H22F3N5O. The van der Waals surface area contributed by atoms with Crippen molar-refractivity contribution in [2.75, 3.05) is 10.6 Å². The summed E-state index contributed by atoms with van der Waals surface area (Å²) in [5.74, 6) is 0.691. The van der Waals surface area contributed by atoms with Crippen LogP contribution in [-0.2, 0) is 0 Å². The second kappa shape index (κ2) is 8.98. The number of anilines is 3. The molecule has 0 aliphatic carbocycles. The molecule has 0 radical (unpaired) electrons. The number of rotatable bonds is 7. The van der Waals surface area contributed by atoms with E-state index in [-0.39, 0.29) is 11.8 Å². The Morgan fingerprint density at radius 1 is 1.07 bits per heavy atom. The molecule has 9 heteroatoms. The van der Waals surface area contributed by atoms with Crippen molar-refractivity contribution in [3.8, 4) is 17.0 Å². The standard InChI is InChI=1S/C21H22F3N5O/c1-4-14(3)26-20-28-18(15-7-9-25-10-8-15)12-19(29-20)27-17-6-5-16(11-13(17)2)30-21(22,23)24/h5-12,14H,4H2,1-3H3,(H2,26,27,28,29)/t14-/m1/s1. The lowest BCUT2D eigenvalue weighted by Crippen LogP contribution is -2.17. The highest BCUT2D eigenvalue weighted by molar-refractivity contribution is 5.68. The Labute approximate surface area is 172 Å². The number of alkyl halides is 3. The molecule has 0 bridgehead atoms. The van der Waals surface area contributed by atoms with Crippen molar-refractivity contribution >= 4 is 17.5 Å². The van der Waals surface area contributed by atoms with Gasteiger partial charge in [-0.2, -0.15) is 4.98 Å². The van der Waals surface area contributed by atoms with Gasteiger partial charge in [-0.25, -0.2) is 4.98 Å². The highest BCUT2D eigenvalue weighted by atomic mass is 19.4. The summed E-state index contributed by atoms with van der Waals surface area (Å²) in [6.45, 7) is 5.77. The fourth-order valence-corrected chi connectivity index (χ4v) is 2.68. The van der Waals surface area contributed by atoms with Crippen molar-refractivity contribution in [2.24, 2.45) is 0 Å². The van der Waals surface area contributed by atoms with Gasteiger partial charge in [-0.3, -0.25) is 4.98 Å². The van der Waals surface area contributed by atoms with Crippen molar-refractivity contribution < 1.29 is 17.9 Å². The minimum absolute atomic E-state index is 0.172. The molecule has 1 aromatic carbocycles. The molecule has 1 atom stereocenters. The zero-order valence-corrected chi connectivity index (χ0v) is 16.8. The van der Waals surface area contributed by atoms with Crippen LogP contribution < -0.4 is 15.4 Å². The van der Waals surface area contributed by atoms with Crippen LogP contribution in [0.2, 0.25) is 0 Å². The van der Waals surface area contributed by atoms with E-state index in [2.05, 4.69) is 37.2 Å². The van der Waals surface area contributed by atoms with Gasteiger partial charge in [0.15, 0.2) is 0 Å². The minimum atomic E-state index is -4.73. The largest absolute Gasteiger partial charge is 0.573 e. The Kier molecular flexibility index (Phi) is 6.39. The number of halogens is 3. The van der Waals surface area contributed by atoms with Gasteiger partial charge in [0.05, 0.1) is 5.69 Å². The lowest BCUT2D eigenvalue weighted by Gasteiger charge is -2.16. The van der Waals surface area contributed by atoms with E-state index in [0.29, 0.717) is 28.7 Å². The molecule has 0 saturated heterocycles. The third kappa shape index (κ3) is 5.82. The monoisotopic (exact) mass is 417 g/mol. The van der Waals surface area contributed by atoms with Gasteiger partial charge in [0.2, 0.25) is 5.95 Å². The number of aromatic nitrogens is 3. The zero-order chi connectivity index (χ0) is 21.7. The van der Waals surface area contributed by atoms with Gasteiger partial charge in [-0.15, -0.1) is 13.2 Å². The molecule has 0 spiro atoms. The maximum absolute atomic E-state index is 12.4. The normalized spacial score (nSPS) is 12.3. The summed E-state index contributed by atoms with van der Waals surface area (Å²) in [6, 6.07) is 9.72. The molecule has 2 aromatic heterocycles. The molecule has 0 saturated carbocycles. The highest BCUT2D eigenvalue weighted by Crippen LogP contribution is 2.29. The van der Waals surface area contributed by atoms with Crippen LogP contribution >= 0.6 is 0 Å². The van der Waals surface area contributed by atoms with Crippen LogP contribution in [0, 0.1) is 6.92 Å². The molecule has 158 valence electrons. The van der Waals surface area contributed by atoms with Crippen LogP contribution in [0.5, 0.6) is 5.75 Å². The van der Waals surface area contributed by atoms with E-state index in [1.54, 1.807) is 25.4 Å². The number of aryl methyl sites for hydroxylation is 1. The molecule has 0 fully saturated rings. The first-order valence-electron chi connectivity index (χ1n) is 9.43. The molecule has 0 amide bonds. The third-order valence-corrected chi connectivity index (χ3v) is 4.38. The molecule has 0 aliphatic rings. The fraction of sp³-hybridized carbons (Fsp3) is 0.286. The Balaban J connectivity index is 1.92. The maximum Gasteiger partial charge on any atom is 0.573 e. The van der Waals surface area contributed by atoms with Crippen LogP contribution in [0.15, 0.2) is 48.8 Å². The number of hydrogen-bond donors (Lipinski definition) is 2. The van der Waals surface area contributed by atoms with Gasteiger partial charge < -0.3 is 15.4 Å². The molecule has 0 aliphatic heterocycles. The number of hydrogen-bond acceptors (Lipinski definition) is 6. The van der Waals surface area contributed by atoms with Crippen molar-refractivity contribution in [2.45, 2.75) is 39.6 Å². The second-order valence-corrected chi connectivity index (χ2v) is 6.80. The summed E-state index contributed by atoms with van der Waals surface area (Å²) in [5.41, 5.74) is 2.75. The first kappa shape index (κ1) is 21.4. The van der Waals surface area contributed by atoms with Crippen molar-refractivity contribution in [1.29, 1.82) is 0 Å². The van der Waals surface area contributed by atoms with E-state index in [4.69, 9.17) is 0 Å². The van der Waals surface area contributed by atoms with Gasteiger partial charge in [-0.05, 0) is 56.2 Å². The van der Waals surface area contributed by atoms with Gasteiger partial charge >= 0.3 is 6.36 Å². The minimum Gasteiger partial charge on any atom is -0.406 e. The number of nitrogens with zero attached hydrogens (tertiary/aromatic N) is 3. The van der Waals surface area contributed by atoms with Crippen molar-refractivity contribution in [3.05, 3.63) is 54.4 Å².